The molecule has 26 heavy (non-hydrogen) atoms. The second-order valence-corrected chi connectivity index (χ2v) is 7.23. The Balaban J connectivity index is 1.39. The lowest BCUT2D eigenvalue weighted by Gasteiger charge is -2.41. The molecule has 8 heteroatoms. The highest BCUT2D eigenvalue weighted by Gasteiger charge is 2.32. The maximum Gasteiger partial charge on any atom is 0.227 e. The highest BCUT2D eigenvalue weighted by atomic mass is 35.5. The van der Waals surface area contributed by atoms with Gasteiger partial charge in [-0.05, 0) is 23.3 Å². The highest BCUT2D eigenvalue weighted by Crippen LogP contribution is 2.28. The van der Waals surface area contributed by atoms with Gasteiger partial charge in [0.2, 0.25) is 5.95 Å². The van der Waals surface area contributed by atoms with Crippen molar-refractivity contribution in [1.29, 1.82) is 0 Å². The zero-order chi connectivity index (χ0) is 17.5. The second kappa shape index (κ2) is 6.50. The van der Waals surface area contributed by atoms with Crippen molar-refractivity contribution >= 4 is 35.3 Å². The van der Waals surface area contributed by atoms with Crippen LogP contribution in [0.2, 0.25) is 5.02 Å². The van der Waals surface area contributed by atoms with Crippen LogP contribution in [0.1, 0.15) is 11.1 Å². The van der Waals surface area contributed by atoms with Gasteiger partial charge in [-0.1, -0.05) is 17.7 Å². The smallest absolute Gasteiger partial charge is 0.227 e. The van der Waals surface area contributed by atoms with Crippen molar-refractivity contribution in [3.8, 4) is 0 Å². The van der Waals surface area contributed by atoms with Crippen LogP contribution in [0.4, 0.5) is 17.5 Å². The Labute approximate surface area is 156 Å². The fourth-order valence-electron chi connectivity index (χ4n) is 3.63. The van der Waals surface area contributed by atoms with Crippen molar-refractivity contribution in [2.45, 2.75) is 18.8 Å². The van der Waals surface area contributed by atoms with Crippen LogP contribution in [-0.2, 0) is 11.3 Å². The number of ether oxygens (including phenoxy) is 1. The van der Waals surface area contributed by atoms with Gasteiger partial charge in [0.1, 0.15) is 5.02 Å². The molecule has 134 valence electrons. The maximum atomic E-state index is 6.33. The summed E-state index contributed by atoms with van der Waals surface area (Å²) in [5, 5.41) is 7.21. The molecule has 1 aromatic heterocycles. The van der Waals surface area contributed by atoms with Gasteiger partial charge in [0.25, 0.3) is 0 Å². The molecule has 5 rings (SSSR count). The third kappa shape index (κ3) is 3.02. The number of anilines is 3. The Morgan fingerprint density at radius 1 is 1.23 bits per heavy atom. The quantitative estimate of drug-likeness (QED) is 0.860. The van der Waals surface area contributed by atoms with Crippen LogP contribution in [0.5, 0.6) is 0 Å². The van der Waals surface area contributed by atoms with Gasteiger partial charge in [-0.3, -0.25) is 4.99 Å². The summed E-state index contributed by atoms with van der Waals surface area (Å²) >= 11 is 6.33. The second-order valence-electron chi connectivity index (χ2n) is 6.82. The Morgan fingerprint density at radius 3 is 2.92 bits per heavy atom. The first kappa shape index (κ1) is 16.0. The van der Waals surface area contributed by atoms with E-state index in [9.17, 15) is 0 Å². The number of morpholine rings is 2. The van der Waals surface area contributed by atoms with Crippen LogP contribution in [-0.4, -0.2) is 54.6 Å². The fraction of sp³-hybridized carbons (Fsp3) is 0.389. The minimum atomic E-state index is 0.175. The molecular formula is C18H19ClN6O. The van der Waals surface area contributed by atoms with E-state index in [1.54, 1.807) is 6.20 Å². The summed E-state index contributed by atoms with van der Waals surface area (Å²) in [6.45, 7) is 4.03. The van der Waals surface area contributed by atoms with E-state index >= 15 is 0 Å². The van der Waals surface area contributed by atoms with Gasteiger partial charge in [-0.15, -0.1) is 0 Å². The van der Waals surface area contributed by atoms with Crippen LogP contribution < -0.4 is 15.5 Å². The normalized spacial score (nSPS) is 23.8. The summed E-state index contributed by atoms with van der Waals surface area (Å²) in [7, 11) is 0. The lowest BCUT2D eigenvalue weighted by molar-refractivity contribution is -0.0488. The number of benzene rings is 1. The summed E-state index contributed by atoms with van der Waals surface area (Å²) in [5.41, 5.74) is 3.30. The first-order chi connectivity index (χ1) is 12.7. The first-order valence-corrected chi connectivity index (χ1v) is 9.16. The fourth-order valence-corrected chi connectivity index (χ4v) is 3.77. The zero-order valence-corrected chi connectivity index (χ0v) is 14.9. The molecule has 7 nitrogen and oxygen atoms in total. The van der Waals surface area contributed by atoms with E-state index in [2.05, 4.69) is 42.6 Å². The van der Waals surface area contributed by atoms with Crippen molar-refractivity contribution in [1.82, 2.24) is 15.3 Å². The molecular weight excluding hydrogens is 352 g/mol. The van der Waals surface area contributed by atoms with Gasteiger partial charge in [0.05, 0.1) is 24.9 Å². The predicted molar refractivity (Wildman–Crippen MR) is 102 cm³/mol. The monoisotopic (exact) mass is 370 g/mol. The molecule has 0 spiro atoms. The first-order valence-electron chi connectivity index (χ1n) is 8.78. The summed E-state index contributed by atoms with van der Waals surface area (Å²) < 4.78 is 5.95. The third-order valence-electron chi connectivity index (χ3n) is 4.89. The minimum absolute atomic E-state index is 0.175. The van der Waals surface area contributed by atoms with Gasteiger partial charge >= 0.3 is 0 Å². The molecule has 0 radical (unpaired) electrons. The van der Waals surface area contributed by atoms with Crippen LogP contribution in [0.3, 0.4) is 0 Å². The van der Waals surface area contributed by atoms with Crippen LogP contribution in [0.15, 0.2) is 29.4 Å². The Bertz CT molecular complexity index is 861. The van der Waals surface area contributed by atoms with Crippen LogP contribution in [0, 0.1) is 0 Å². The summed E-state index contributed by atoms with van der Waals surface area (Å²) in [5.74, 6) is 1.29. The van der Waals surface area contributed by atoms with E-state index in [1.807, 2.05) is 12.3 Å². The number of nitrogens with one attached hydrogen (secondary N) is 2. The number of nitrogens with zero attached hydrogens (tertiary/aromatic N) is 4. The summed E-state index contributed by atoms with van der Waals surface area (Å²) in [6.07, 6.45) is 3.90. The van der Waals surface area contributed by atoms with E-state index < -0.39 is 0 Å². The van der Waals surface area contributed by atoms with Gasteiger partial charge in [0, 0.05) is 38.1 Å². The van der Waals surface area contributed by atoms with E-state index in [1.165, 1.54) is 5.56 Å². The third-order valence-corrected chi connectivity index (χ3v) is 5.17. The largest absolute Gasteiger partial charge is 0.369 e. The Morgan fingerprint density at radius 2 is 2.08 bits per heavy atom. The van der Waals surface area contributed by atoms with E-state index in [0.717, 1.165) is 44.0 Å². The van der Waals surface area contributed by atoms with Crippen LogP contribution >= 0.6 is 11.6 Å². The van der Waals surface area contributed by atoms with Gasteiger partial charge < -0.3 is 20.3 Å². The van der Waals surface area contributed by atoms with Crippen molar-refractivity contribution in [2.24, 2.45) is 4.99 Å². The highest BCUT2D eigenvalue weighted by molar-refractivity contribution is 6.32. The number of rotatable bonds is 3. The van der Waals surface area contributed by atoms with Crippen molar-refractivity contribution in [3.05, 3.63) is 40.5 Å². The number of aliphatic imine (C=N–C) groups is 1. The number of aromatic nitrogens is 2. The topological polar surface area (TPSA) is 74.7 Å². The lowest BCUT2D eigenvalue weighted by atomic mass is 10.1. The standard InChI is InChI=1S/C18H19ClN6O/c19-16-8-22-18(25-9-14-6-21-7-15(10-25)26-14)24-17(16)23-13-2-1-11-4-20-5-12(11)3-13/h1-3,5,8,14-15,21H,4,6-7,9-10H2,(H,22,23,24). The number of hydrogen-bond acceptors (Lipinski definition) is 7. The van der Waals surface area contributed by atoms with E-state index in [4.69, 9.17) is 16.3 Å². The molecule has 0 aliphatic carbocycles. The molecule has 2 atom stereocenters. The van der Waals surface area contributed by atoms with Gasteiger partial charge in [-0.25, -0.2) is 4.98 Å². The average molecular weight is 371 g/mol. The molecule has 3 aliphatic rings. The molecule has 2 fully saturated rings. The van der Waals surface area contributed by atoms with Crippen molar-refractivity contribution in [3.63, 3.8) is 0 Å². The number of fused-ring (bicyclic) bond motifs is 3. The zero-order valence-electron chi connectivity index (χ0n) is 14.2. The number of halogens is 1. The molecule has 2 aromatic rings. The summed E-state index contributed by atoms with van der Waals surface area (Å²) in [6, 6.07) is 6.17. The number of hydrogen-bond donors (Lipinski definition) is 2. The van der Waals surface area contributed by atoms with Crippen LogP contribution in [0.25, 0.3) is 0 Å². The summed E-state index contributed by atoms with van der Waals surface area (Å²) in [4.78, 5) is 15.6. The molecule has 3 aliphatic heterocycles. The molecule has 2 saturated heterocycles. The molecule has 0 amide bonds. The van der Waals surface area contributed by atoms with Gasteiger partial charge in [-0.2, -0.15) is 4.98 Å². The predicted octanol–water partition coefficient (Wildman–Crippen LogP) is 1.98. The Kier molecular flexibility index (Phi) is 4.00. The van der Waals surface area contributed by atoms with E-state index in [0.29, 0.717) is 16.8 Å². The lowest BCUT2D eigenvalue weighted by Crippen LogP contribution is -2.58. The molecule has 2 unspecified atom stereocenters. The van der Waals surface area contributed by atoms with E-state index in [-0.39, 0.29) is 12.2 Å². The maximum absolute atomic E-state index is 6.33. The van der Waals surface area contributed by atoms with Crippen molar-refractivity contribution in [2.75, 3.05) is 36.4 Å². The Hall–Kier alpha value is -2.22. The molecule has 0 saturated carbocycles. The molecule has 2 bridgehead atoms. The minimum Gasteiger partial charge on any atom is -0.369 e. The molecule has 1 aromatic carbocycles. The molecule has 4 heterocycles. The van der Waals surface area contributed by atoms with Gasteiger partial charge in [0.15, 0.2) is 5.82 Å². The SMILES string of the molecule is Clc1cnc(N2CC3CNCC(C2)O3)nc1Nc1ccc2c(c1)C=NC2. The molecule has 2 N–H and O–H groups in total. The average Bonchev–Trinajstić information content (AvgIpc) is 3.11. The van der Waals surface area contributed by atoms with Crippen molar-refractivity contribution < 1.29 is 4.74 Å².